The maximum atomic E-state index is 12.1. The van der Waals surface area contributed by atoms with Crippen LogP contribution < -0.4 is 5.32 Å². The van der Waals surface area contributed by atoms with Crippen molar-refractivity contribution in [2.75, 3.05) is 40.3 Å². The number of nitrogens with zero attached hydrogens (tertiary/aromatic N) is 2. The fraction of sp³-hybridized carbons (Fsp3) is 0.933. The van der Waals surface area contributed by atoms with Crippen molar-refractivity contribution in [3.8, 4) is 0 Å². The molecule has 1 atom stereocenters. The number of unbranched alkanes of at least 4 members (excludes halogenated alkanes) is 1. The monoisotopic (exact) mass is 269 g/mol. The molecule has 1 aliphatic heterocycles. The first-order valence-corrected chi connectivity index (χ1v) is 7.73. The molecule has 1 fully saturated rings. The van der Waals surface area contributed by atoms with Crippen LogP contribution in [0.25, 0.3) is 0 Å². The van der Waals surface area contributed by atoms with Gasteiger partial charge in [0.05, 0.1) is 6.04 Å². The van der Waals surface area contributed by atoms with Gasteiger partial charge < -0.3 is 15.1 Å². The van der Waals surface area contributed by atoms with Gasteiger partial charge in [0.25, 0.3) is 0 Å². The minimum absolute atomic E-state index is 0.0521. The molecule has 1 saturated heterocycles. The summed E-state index contributed by atoms with van der Waals surface area (Å²) in [4.78, 5) is 16.5. The fourth-order valence-electron chi connectivity index (χ4n) is 2.69. The van der Waals surface area contributed by atoms with E-state index in [1.807, 2.05) is 18.9 Å². The van der Waals surface area contributed by atoms with Crippen LogP contribution in [0.5, 0.6) is 0 Å². The Morgan fingerprint density at radius 2 is 2.05 bits per heavy atom. The average molecular weight is 269 g/mol. The second kappa shape index (κ2) is 8.54. The third kappa shape index (κ3) is 5.49. The number of nitrogens with one attached hydrogen (secondary N) is 1. The largest absolute Gasteiger partial charge is 0.341 e. The smallest absolute Gasteiger partial charge is 0.239 e. The molecule has 0 bridgehead atoms. The van der Waals surface area contributed by atoms with Crippen LogP contribution in [0.15, 0.2) is 0 Å². The van der Waals surface area contributed by atoms with Gasteiger partial charge >= 0.3 is 0 Å². The summed E-state index contributed by atoms with van der Waals surface area (Å²) < 4.78 is 0. The zero-order valence-corrected chi connectivity index (χ0v) is 13.1. The molecule has 112 valence electrons. The molecule has 0 aromatic rings. The highest BCUT2D eigenvalue weighted by atomic mass is 16.2. The summed E-state index contributed by atoms with van der Waals surface area (Å²) in [5.41, 5.74) is 0. The van der Waals surface area contributed by atoms with Crippen molar-refractivity contribution in [3.63, 3.8) is 0 Å². The number of hydrogen-bond acceptors (Lipinski definition) is 3. The van der Waals surface area contributed by atoms with Gasteiger partial charge in [-0.2, -0.15) is 0 Å². The Morgan fingerprint density at radius 3 is 2.58 bits per heavy atom. The van der Waals surface area contributed by atoms with Crippen molar-refractivity contribution in [3.05, 3.63) is 0 Å². The highest BCUT2D eigenvalue weighted by Crippen LogP contribution is 2.18. The van der Waals surface area contributed by atoms with Gasteiger partial charge in [0, 0.05) is 19.6 Å². The second-order valence-electron chi connectivity index (χ2n) is 5.89. The molecule has 1 heterocycles. The average Bonchev–Trinajstić information content (AvgIpc) is 2.44. The molecule has 1 N–H and O–H groups in total. The molecule has 19 heavy (non-hydrogen) atoms. The molecule has 0 aromatic heterocycles. The number of carbonyl (C=O) groups excluding carboxylic acids is 1. The van der Waals surface area contributed by atoms with Crippen molar-refractivity contribution >= 4 is 5.91 Å². The molecule has 0 spiro atoms. The molecule has 0 aliphatic carbocycles. The summed E-state index contributed by atoms with van der Waals surface area (Å²) in [7, 11) is 4.06. The van der Waals surface area contributed by atoms with Crippen molar-refractivity contribution in [2.24, 2.45) is 5.92 Å². The lowest BCUT2D eigenvalue weighted by Gasteiger charge is -2.35. The Bertz CT molecular complexity index is 262. The van der Waals surface area contributed by atoms with Gasteiger partial charge in [0.15, 0.2) is 0 Å². The number of rotatable bonds is 7. The zero-order valence-electron chi connectivity index (χ0n) is 13.1. The maximum absolute atomic E-state index is 12.1. The van der Waals surface area contributed by atoms with Crippen LogP contribution >= 0.6 is 0 Å². The van der Waals surface area contributed by atoms with Crippen molar-refractivity contribution < 1.29 is 4.79 Å². The van der Waals surface area contributed by atoms with Crippen LogP contribution in [-0.4, -0.2) is 62.0 Å². The number of piperidine rings is 1. The van der Waals surface area contributed by atoms with Gasteiger partial charge in [-0.05, 0) is 52.7 Å². The first-order valence-electron chi connectivity index (χ1n) is 7.73. The Kier molecular flexibility index (Phi) is 7.39. The van der Waals surface area contributed by atoms with Crippen molar-refractivity contribution in [2.45, 2.75) is 45.6 Å². The predicted molar refractivity (Wildman–Crippen MR) is 80.2 cm³/mol. The van der Waals surface area contributed by atoms with Crippen LogP contribution in [0.1, 0.15) is 39.5 Å². The molecule has 0 saturated carbocycles. The van der Waals surface area contributed by atoms with E-state index in [2.05, 4.69) is 24.2 Å². The minimum Gasteiger partial charge on any atom is -0.341 e. The quantitative estimate of drug-likeness (QED) is 0.762. The summed E-state index contributed by atoms with van der Waals surface area (Å²) in [6, 6.07) is -0.0521. The normalized spacial score (nSPS) is 18.9. The van der Waals surface area contributed by atoms with E-state index in [1.165, 1.54) is 25.9 Å². The summed E-state index contributed by atoms with van der Waals surface area (Å²) in [6.45, 7) is 8.41. The molecule has 1 amide bonds. The predicted octanol–water partition coefficient (Wildman–Crippen LogP) is 1.56. The number of likely N-dealkylation sites (N-methyl/N-ethyl adjacent to an activating group) is 1. The van der Waals surface area contributed by atoms with E-state index in [0.29, 0.717) is 0 Å². The Hall–Kier alpha value is -0.610. The van der Waals surface area contributed by atoms with E-state index in [9.17, 15) is 4.79 Å². The molecule has 4 heteroatoms. The van der Waals surface area contributed by atoms with Crippen LogP contribution in [0, 0.1) is 5.92 Å². The van der Waals surface area contributed by atoms with Gasteiger partial charge in [0.1, 0.15) is 0 Å². The molecule has 0 radical (unpaired) electrons. The van der Waals surface area contributed by atoms with Gasteiger partial charge in [-0.1, -0.05) is 13.3 Å². The van der Waals surface area contributed by atoms with Gasteiger partial charge in [-0.3, -0.25) is 4.79 Å². The van der Waals surface area contributed by atoms with E-state index >= 15 is 0 Å². The lowest BCUT2D eigenvalue weighted by atomic mass is 9.96. The van der Waals surface area contributed by atoms with Gasteiger partial charge in [-0.15, -0.1) is 0 Å². The molecular weight excluding hydrogens is 238 g/mol. The van der Waals surface area contributed by atoms with E-state index in [0.717, 1.165) is 31.8 Å². The molecule has 4 nitrogen and oxygen atoms in total. The molecular formula is C15H31N3O. The third-order valence-electron chi connectivity index (χ3n) is 4.19. The van der Waals surface area contributed by atoms with Crippen LogP contribution in [0.4, 0.5) is 0 Å². The zero-order chi connectivity index (χ0) is 14.3. The summed E-state index contributed by atoms with van der Waals surface area (Å²) in [6.07, 6.45) is 4.85. The standard InChI is InChI=1S/C15H31N3O/c1-5-6-9-17(4)12-14-7-10-18(11-8-14)15(19)13(2)16-3/h13-14,16H,5-12H2,1-4H3. The lowest BCUT2D eigenvalue weighted by Crippen LogP contribution is -2.47. The number of hydrogen-bond donors (Lipinski definition) is 1. The highest BCUT2D eigenvalue weighted by molar-refractivity contribution is 5.81. The summed E-state index contributed by atoms with van der Waals surface area (Å²) in [5, 5.41) is 3.03. The van der Waals surface area contributed by atoms with E-state index < -0.39 is 0 Å². The van der Waals surface area contributed by atoms with Crippen molar-refractivity contribution in [1.29, 1.82) is 0 Å². The highest BCUT2D eigenvalue weighted by Gasteiger charge is 2.25. The first-order chi connectivity index (χ1) is 9.08. The van der Waals surface area contributed by atoms with Crippen molar-refractivity contribution in [1.82, 2.24) is 15.1 Å². The Morgan fingerprint density at radius 1 is 1.42 bits per heavy atom. The van der Waals surface area contributed by atoms with Crippen LogP contribution in [0.3, 0.4) is 0 Å². The van der Waals surface area contributed by atoms with E-state index in [-0.39, 0.29) is 11.9 Å². The minimum atomic E-state index is -0.0521. The Labute approximate surface area is 118 Å². The third-order valence-corrected chi connectivity index (χ3v) is 4.19. The number of amides is 1. The molecule has 1 rings (SSSR count). The summed E-state index contributed by atoms with van der Waals surface area (Å²) >= 11 is 0. The Balaban J connectivity index is 2.27. The van der Waals surface area contributed by atoms with Crippen LogP contribution in [0.2, 0.25) is 0 Å². The molecule has 1 aliphatic rings. The van der Waals surface area contributed by atoms with E-state index in [1.54, 1.807) is 0 Å². The first kappa shape index (κ1) is 16.4. The number of likely N-dealkylation sites (tertiary alicyclic amines) is 1. The SMILES string of the molecule is CCCCN(C)CC1CCN(C(=O)C(C)NC)CC1. The maximum Gasteiger partial charge on any atom is 0.239 e. The summed E-state index contributed by atoms with van der Waals surface area (Å²) in [5.74, 6) is 1.01. The van der Waals surface area contributed by atoms with Gasteiger partial charge in [-0.25, -0.2) is 0 Å². The number of carbonyl (C=O) groups is 1. The fourth-order valence-corrected chi connectivity index (χ4v) is 2.69. The second-order valence-corrected chi connectivity index (χ2v) is 5.89. The van der Waals surface area contributed by atoms with E-state index in [4.69, 9.17) is 0 Å². The van der Waals surface area contributed by atoms with Crippen LogP contribution in [-0.2, 0) is 4.79 Å². The molecule has 1 unspecified atom stereocenters. The molecule has 0 aromatic carbocycles. The topological polar surface area (TPSA) is 35.6 Å². The van der Waals surface area contributed by atoms with Gasteiger partial charge in [0.2, 0.25) is 5.91 Å². The lowest BCUT2D eigenvalue weighted by molar-refractivity contribution is -0.134.